The molecule has 6 bridgehead atoms. The van der Waals surface area contributed by atoms with Gasteiger partial charge in [0.2, 0.25) is 11.2 Å². The maximum atomic E-state index is 15.9. The SMILES string of the molecule is C=CC12CCC(C1)C(C(OC(C)OCC)(C(F)(F)C(F)(F)F)C(F)(F)C(F)(F)F)C2.CCCOC(C)(F)OC1(C)CC2CCC1(C(C)(CC)CC(C)(C)C13CCC(C1)C(C(OC(C)OCC)(C(F)(F)C(F)(F)F)C(F)(F)C(F)(F)F)C3)C2. The van der Waals surface area contributed by atoms with Gasteiger partial charge >= 0.3 is 54.4 Å². The summed E-state index contributed by atoms with van der Waals surface area (Å²) in [5.74, 6) is -33.8. The first-order chi connectivity index (χ1) is 36.9. The highest BCUT2D eigenvalue weighted by Crippen LogP contribution is 2.77. The van der Waals surface area contributed by atoms with Crippen molar-refractivity contribution in [3.05, 3.63) is 12.7 Å². The first-order valence-electron chi connectivity index (χ1n) is 27.9. The second kappa shape index (κ2) is 22.6. The van der Waals surface area contributed by atoms with Crippen molar-refractivity contribution in [2.24, 2.45) is 56.7 Å². The van der Waals surface area contributed by atoms with Gasteiger partial charge in [-0.05, 0) is 164 Å². The van der Waals surface area contributed by atoms with E-state index in [1.807, 2.05) is 27.7 Å². The Labute approximate surface area is 465 Å². The van der Waals surface area contributed by atoms with E-state index in [2.05, 4.69) is 16.1 Å². The first-order valence-corrected chi connectivity index (χ1v) is 27.9. The third-order valence-corrected chi connectivity index (χ3v) is 20.5. The molecule has 6 rings (SSSR count). The summed E-state index contributed by atoms with van der Waals surface area (Å²) in [6, 6.07) is -2.40. The predicted octanol–water partition coefficient (Wildman–Crippen LogP) is 18.7. The van der Waals surface area contributed by atoms with E-state index in [0.29, 0.717) is 45.4 Å². The van der Waals surface area contributed by atoms with Gasteiger partial charge in [0, 0.05) is 37.4 Å². The number of ether oxygens (including phenoxy) is 6. The van der Waals surface area contributed by atoms with Crippen LogP contribution >= 0.6 is 0 Å². The summed E-state index contributed by atoms with van der Waals surface area (Å²) in [6.07, 6.45) is -27.8. The van der Waals surface area contributed by atoms with Gasteiger partial charge in [-0.15, -0.1) is 6.58 Å². The van der Waals surface area contributed by atoms with Crippen LogP contribution in [0.5, 0.6) is 0 Å². The number of rotatable bonds is 25. The highest BCUT2D eigenvalue weighted by Gasteiger charge is 2.91. The number of alkyl halides is 21. The van der Waals surface area contributed by atoms with Gasteiger partial charge in [0.25, 0.3) is 0 Å². The number of hydrogen-bond donors (Lipinski definition) is 0. The third-order valence-electron chi connectivity index (χ3n) is 20.5. The summed E-state index contributed by atoms with van der Waals surface area (Å²) in [6.45, 7) is 19.2. The van der Waals surface area contributed by atoms with Crippen LogP contribution in [-0.4, -0.2) is 104 Å². The summed E-state index contributed by atoms with van der Waals surface area (Å²) >= 11 is 0. The van der Waals surface area contributed by atoms with Crippen molar-refractivity contribution in [1.29, 1.82) is 0 Å². The van der Waals surface area contributed by atoms with E-state index in [4.69, 9.17) is 18.9 Å². The Kier molecular flexibility index (Phi) is 19.5. The Morgan fingerprint density at radius 1 is 0.537 bits per heavy atom. The zero-order valence-electron chi connectivity index (χ0n) is 47.9. The van der Waals surface area contributed by atoms with E-state index in [0.717, 1.165) is 13.3 Å². The van der Waals surface area contributed by atoms with Crippen LogP contribution in [-0.2, 0) is 28.4 Å². The highest BCUT2D eigenvalue weighted by molar-refractivity contribution is 5.24. The Hall–Kier alpha value is -1.97. The molecule has 13 unspecified atom stereocenters. The topological polar surface area (TPSA) is 55.4 Å². The summed E-state index contributed by atoms with van der Waals surface area (Å²) in [7, 11) is 0. The van der Waals surface area contributed by atoms with Crippen LogP contribution in [0.3, 0.4) is 0 Å². The molecule has 0 N–H and O–H groups in total. The van der Waals surface area contributed by atoms with E-state index in [-0.39, 0.29) is 57.7 Å². The zero-order chi connectivity index (χ0) is 63.2. The lowest BCUT2D eigenvalue weighted by atomic mass is 9.48. The zero-order valence-corrected chi connectivity index (χ0v) is 47.9. The molecule has 6 fully saturated rings. The number of hydrogen-bond acceptors (Lipinski definition) is 6. The second-order valence-corrected chi connectivity index (χ2v) is 25.4. The van der Waals surface area contributed by atoms with Crippen LogP contribution in [0.1, 0.15) is 172 Å². The molecular formula is C55H79F21O6. The van der Waals surface area contributed by atoms with Gasteiger partial charge in [-0.25, -0.2) is 0 Å². The van der Waals surface area contributed by atoms with Crippen molar-refractivity contribution in [1.82, 2.24) is 0 Å². The lowest BCUT2D eigenvalue weighted by molar-refractivity contribution is -0.461. The van der Waals surface area contributed by atoms with Crippen LogP contribution in [0.2, 0.25) is 0 Å². The molecule has 0 aromatic carbocycles. The molecule has 0 spiro atoms. The lowest BCUT2D eigenvalue weighted by Crippen LogP contribution is -2.75. The van der Waals surface area contributed by atoms with E-state index in [1.54, 1.807) is 13.8 Å². The fourth-order valence-electron chi connectivity index (χ4n) is 16.8. The molecule has 6 aliphatic carbocycles. The van der Waals surface area contributed by atoms with Gasteiger partial charge in [0.1, 0.15) is 0 Å². The molecule has 0 aromatic rings. The molecule has 0 aliphatic heterocycles. The molecule has 6 aliphatic rings. The van der Waals surface area contributed by atoms with Crippen molar-refractivity contribution in [3.8, 4) is 0 Å². The average Bonchev–Trinajstić information content (AvgIpc) is 3.56. The Balaban J connectivity index is 0.000000348. The first kappa shape index (κ1) is 70.8. The number of fused-ring (bicyclic) bond motifs is 6. The van der Waals surface area contributed by atoms with E-state index < -0.39 is 154 Å². The Morgan fingerprint density at radius 2 is 0.963 bits per heavy atom. The van der Waals surface area contributed by atoms with Gasteiger partial charge in [0.15, 0.2) is 12.6 Å². The van der Waals surface area contributed by atoms with Gasteiger partial charge in [-0.2, -0.15) is 92.2 Å². The van der Waals surface area contributed by atoms with E-state index in [1.165, 1.54) is 26.8 Å². The highest BCUT2D eigenvalue weighted by atomic mass is 19.4. The maximum Gasteiger partial charge on any atom is 0.456 e. The molecule has 0 aromatic heterocycles. The monoisotopic (exact) mass is 1230 g/mol. The van der Waals surface area contributed by atoms with Crippen molar-refractivity contribution >= 4 is 0 Å². The fraction of sp³-hybridized carbons (Fsp3) is 0.964. The average molecular weight is 1240 g/mol. The minimum atomic E-state index is -6.82. The molecule has 82 heavy (non-hydrogen) atoms. The van der Waals surface area contributed by atoms with Gasteiger partial charge in [0.05, 0.1) is 12.2 Å². The minimum Gasteiger partial charge on any atom is -0.353 e. The summed E-state index contributed by atoms with van der Waals surface area (Å²) in [5.41, 5.74) is -16.2. The quantitative estimate of drug-likeness (QED) is 0.0516. The standard InChI is InChI=1S/C37H57F11O4.C18H22F10O2/c1-10-17-50-30(9,38)52-29(8)18-24-13-16-32(29,19-24)28(7,11-2)22-27(5,6)31-15-14-25(20-31)26(21-31)33(51-23(4)49-12-3,34(39,40)36(43,44)45)35(41,42)37(46,47)48;1-4-13-7-6-11(8-13)12(9-13)14(30-10(3)29-5-2,15(19,20)17(23,24)25)16(21,22)18(26,27)28/h23-26H,10-22H2,1-9H3;4,10-12H,1,5-9H2,2-3H3. The second-order valence-electron chi connectivity index (χ2n) is 25.4. The van der Waals surface area contributed by atoms with Crippen LogP contribution in [0, 0.1) is 56.7 Å². The van der Waals surface area contributed by atoms with Gasteiger partial charge in [-0.1, -0.05) is 47.1 Å². The van der Waals surface area contributed by atoms with E-state index >= 15 is 22.0 Å². The van der Waals surface area contributed by atoms with Gasteiger partial charge in [-0.3, -0.25) is 0 Å². The summed E-state index contributed by atoms with van der Waals surface area (Å²) in [4.78, 5) is 0. The van der Waals surface area contributed by atoms with Crippen LogP contribution < -0.4 is 0 Å². The van der Waals surface area contributed by atoms with Crippen LogP contribution in [0.25, 0.3) is 0 Å². The van der Waals surface area contributed by atoms with Crippen molar-refractivity contribution in [2.45, 2.75) is 256 Å². The minimum absolute atomic E-state index is 0.104. The molecular weight excluding hydrogens is 1160 g/mol. The normalized spacial score (nSPS) is 32.6. The molecule has 0 heterocycles. The predicted molar refractivity (Wildman–Crippen MR) is 256 cm³/mol. The van der Waals surface area contributed by atoms with Crippen molar-refractivity contribution in [3.63, 3.8) is 0 Å². The number of halogens is 21. The molecule has 6 saturated carbocycles. The molecule has 0 saturated heterocycles. The summed E-state index contributed by atoms with van der Waals surface area (Å²) < 4.78 is 335. The molecule has 6 nitrogen and oxygen atoms in total. The van der Waals surface area contributed by atoms with Crippen molar-refractivity contribution in [2.75, 3.05) is 19.8 Å². The van der Waals surface area contributed by atoms with Gasteiger partial charge < -0.3 is 28.4 Å². The number of allylic oxidation sites excluding steroid dienone is 1. The molecule has 0 radical (unpaired) electrons. The lowest BCUT2D eigenvalue weighted by Gasteiger charge is -2.59. The molecule has 0 amide bonds. The molecule has 27 heteroatoms. The smallest absolute Gasteiger partial charge is 0.353 e. The summed E-state index contributed by atoms with van der Waals surface area (Å²) in [5, 5.41) is 0. The fourth-order valence-corrected chi connectivity index (χ4v) is 16.8. The Morgan fingerprint density at radius 3 is 1.34 bits per heavy atom. The van der Waals surface area contributed by atoms with Crippen LogP contribution in [0.15, 0.2) is 12.7 Å². The largest absolute Gasteiger partial charge is 0.456 e. The Bertz CT molecular complexity index is 2140. The molecule has 482 valence electrons. The van der Waals surface area contributed by atoms with E-state index in [9.17, 15) is 70.2 Å². The van der Waals surface area contributed by atoms with Crippen LogP contribution in [0.4, 0.5) is 92.2 Å². The molecule has 13 atom stereocenters. The maximum absolute atomic E-state index is 15.9. The third kappa shape index (κ3) is 11.1. The van der Waals surface area contributed by atoms with Crippen molar-refractivity contribution < 1.29 is 121 Å².